The highest BCUT2D eigenvalue weighted by Gasteiger charge is 2.36. The van der Waals surface area contributed by atoms with Crippen molar-refractivity contribution in [3.05, 3.63) is 35.9 Å². The second-order valence-corrected chi connectivity index (χ2v) is 7.15. The Hall–Kier alpha value is -1.10. The molecule has 5 heteroatoms. The van der Waals surface area contributed by atoms with Crippen LogP contribution < -0.4 is 11.1 Å². The van der Waals surface area contributed by atoms with E-state index in [0.717, 1.165) is 25.9 Å². The standard InChI is InChI=1S/C19H29N3O.ClH/c1-14(19(23)21-16-10-6-3-7-11-16)22-12-17(18(20)13-22)15-8-4-2-5-9-15;/h2,4-5,8-9,14,16-18H,3,6-7,10-13,20H2,1H3,(H,21,23);1H/t14?,17-,18+;/m0./s1. The summed E-state index contributed by atoms with van der Waals surface area (Å²) in [6.45, 7) is 3.67. The number of rotatable bonds is 4. The Labute approximate surface area is 151 Å². The molecule has 134 valence electrons. The minimum atomic E-state index is -0.100. The first-order valence-corrected chi connectivity index (χ1v) is 9.00. The van der Waals surface area contributed by atoms with Crippen LogP contribution in [0, 0.1) is 0 Å². The average molecular weight is 352 g/mol. The molecule has 2 aliphatic rings. The van der Waals surface area contributed by atoms with Gasteiger partial charge in [0.2, 0.25) is 5.91 Å². The second kappa shape index (κ2) is 8.84. The van der Waals surface area contributed by atoms with Crippen LogP contribution in [0.1, 0.15) is 50.5 Å². The fourth-order valence-corrected chi connectivity index (χ4v) is 3.96. The average Bonchev–Trinajstić information content (AvgIpc) is 2.97. The lowest BCUT2D eigenvalue weighted by Crippen LogP contribution is -2.48. The summed E-state index contributed by atoms with van der Waals surface area (Å²) in [6, 6.07) is 10.8. The zero-order valence-electron chi connectivity index (χ0n) is 14.5. The zero-order chi connectivity index (χ0) is 16.2. The molecule has 4 nitrogen and oxygen atoms in total. The highest BCUT2D eigenvalue weighted by molar-refractivity contribution is 5.85. The summed E-state index contributed by atoms with van der Waals surface area (Å²) in [7, 11) is 0. The third-order valence-corrected chi connectivity index (χ3v) is 5.50. The fraction of sp³-hybridized carbons (Fsp3) is 0.632. The first kappa shape index (κ1) is 19.2. The maximum Gasteiger partial charge on any atom is 0.237 e. The van der Waals surface area contributed by atoms with E-state index in [4.69, 9.17) is 5.73 Å². The van der Waals surface area contributed by atoms with E-state index in [2.05, 4.69) is 34.5 Å². The molecule has 0 aromatic heterocycles. The summed E-state index contributed by atoms with van der Waals surface area (Å²) in [5.41, 5.74) is 7.63. The molecule has 1 aromatic carbocycles. The number of benzene rings is 1. The molecule has 1 unspecified atom stereocenters. The van der Waals surface area contributed by atoms with Gasteiger partial charge in [-0.25, -0.2) is 0 Å². The number of likely N-dealkylation sites (tertiary alicyclic amines) is 1. The maximum atomic E-state index is 12.6. The number of halogens is 1. The summed E-state index contributed by atoms with van der Waals surface area (Å²) in [4.78, 5) is 14.8. The fourth-order valence-electron chi connectivity index (χ4n) is 3.96. The summed E-state index contributed by atoms with van der Waals surface area (Å²) in [6.07, 6.45) is 6.05. The molecule has 0 spiro atoms. The lowest BCUT2D eigenvalue weighted by Gasteiger charge is -2.28. The van der Waals surface area contributed by atoms with E-state index in [0.29, 0.717) is 12.0 Å². The predicted octanol–water partition coefficient (Wildman–Crippen LogP) is 2.67. The van der Waals surface area contributed by atoms with Crippen LogP contribution in [0.2, 0.25) is 0 Å². The Morgan fingerprint density at radius 1 is 1.17 bits per heavy atom. The molecule has 1 heterocycles. The molecule has 3 N–H and O–H groups in total. The number of amides is 1. The van der Waals surface area contributed by atoms with Crippen LogP contribution in [0.4, 0.5) is 0 Å². The normalized spacial score (nSPS) is 26.6. The first-order chi connectivity index (χ1) is 11.1. The molecule has 1 aliphatic heterocycles. The van der Waals surface area contributed by atoms with Crippen LogP contribution in [0.25, 0.3) is 0 Å². The van der Waals surface area contributed by atoms with Crippen molar-refractivity contribution in [2.24, 2.45) is 5.73 Å². The molecule has 1 saturated carbocycles. The van der Waals surface area contributed by atoms with Gasteiger partial charge in [-0.1, -0.05) is 49.6 Å². The summed E-state index contributed by atoms with van der Waals surface area (Å²) >= 11 is 0. The highest BCUT2D eigenvalue weighted by Crippen LogP contribution is 2.27. The Morgan fingerprint density at radius 2 is 1.83 bits per heavy atom. The zero-order valence-corrected chi connectivity index (χ0v) is 15.3. The van der Waals surface area contributed by atoms with Crippen molar-refractivity contribution in [2.75, 3.05) is 13.1 Å². The molecule has 1 aliphatic carbocycles. The van der Waals surface area contributed by atoms with Gasteiger partial charge in [-0.05, 0) is 25.3 Å². The van der Waals surface area contributed by atoms with E-state index in [1.165, 1.54) is 24.8 Å². The Kier molecular flexibility index (Phi) is 7.08. The van der Waals surface area contributed by atoms with Gasteiger partial charge in [0.15, 0.2) is 0 Å². The molecule has 24 heavy (non-hydrogen) atoms. The molecule has 3 atom stereocenters. The summed E-state index contributed by atoms with van der Waals surface area (Å²) in [5, 5.41) is 3.24. The van der Waals surface area contributed by atoms with Gasteiger partial charge in [0.05, 0.1) is 6.04 Å². The molecular weight excluding hydrogens is 322 g/mol. The topological polar surface area (TPSA) is 58.4 Å². The van der Waals surface area contributed by atoms with Gasteiger partial charge in [-0.2, -0.15) is 0 Å². The van der Waals surface area contributed by atoms with Gasteiger partial charge >= 0.3 is 0 Å². The lowest BCUT2D eigenvalue weighted by molar-refractivity contribution is -0.126. The Balaban J connectivity index is 0.00000208. The van der Waals surface area contributed by atoms with Crippen LogP contribution >= 0.6 is 12.4 Å². The molecule has 1 amide bonds. The smallest absolute Gasteiger partial charge is 0.237 e. The minimum Gasteiger partial charge on any atom is -0.352 e. The van der Waals surface area contributed by atoms with Gasteiger partial charge in [0.1, 0.15) is 0 Å². The van der Waals surface area contributed by atoms with Gasteiger partial charge < -0.3 is 11.1 Å². The van der Waals surface area contributed by atoms with Crippen LogP contribution in [-0.2, 0) is 4.79 Å². The number of hydrogen-bond acceptors (Lipinski definition) is 3. The number of nitrogens with zero attached hydrogens (tertiary/aromatic N) is 1. The van der Waals surface area contributed by atoms with E-state index in [9.17, 15) is 4.79 Å². The van der Waals surface area contributed by atoms with E-state index < -0.39 is 0 Å². The van der Waals surface area contributed by atoms with Gasteiger partial charge in [-0.15, -0.1) is 12.4 Å². The molecule has 1 saturated heterocycles. The maximum absolute atomic E-state index is 12.6. The van der Waals surface area contributed by atoms with Crippen molar-refractivity contribution in [3.8, 4) is 0 Å². The van der Waals surface area contributed by atoms with Crippen molar-refractivity contribution in [1.82, 2.24) is 10.2 Å². The highest BCUT2D eigenvalue weighted by atomic mass is 35.5. The largest absolute Gasteiger partial charge is 0.352 e. The molecule has 0 bridgehead atoms. The molecule has 0 radical (unpaired) electrons. The van der Waals surface area contributed by atoms with Crippen LogP contribution in [0.15, 0.2) is 30.3 Å². The van der Waals surface area contributed by atoms with Crippen LogP contribution in [0.3, 0.4) is 0 Å². The number of carbonyl (C=O) groups is 1. The number of carbonyl (C=O) groups excluding carboxylic acids is 1. The van der Waals surface area contributed by atoms with E-state index in [-0.39, 0.29) is 30.4 Å². The SMILES string of the molecule is CC(C(=O)NC1CCCCC1)N1C[C@@H](N)[C@H](c2ccccc2)C1.Cl. The monoisotopic (exact) mass is 351 g/mol. The van der Waals surface area contributed by atoms with Crippen molar-refractivity contribution in [2.45, 2.75) is 63.1 Å². The quantitative estimate of drug-likeness (QED) is 0.876. The molecule has 3 rings (SSSR count). The Bertz CT molecular complexity index is 519. The van der Waals surface area contributed by atoms with Crippen molar-refractivity contribution >= 4 is 18.3 Å². The third kappa shape index (κ3) is 4.50. The van der Waals surface area contributed by atoms with Gasteiger partial charge in [0.25, 0.3) is 0 Å². The molecular formula is C19H30ClN3O. The van der Waals surface area contributed by atoms with E-state index in [1.54, 1.807) is 0 Å². The van der Waals surface area contributed by atoms with Crippen molar-refractivity contribution in [3.63, 3.8) is 0 Å². The summed E-state index contributed by atoms with van der Waals surface area (Å²) < 4.78 is 0. The Morgan fingerprint density at radius 3 is 2.50 bits per heavy atom. The van der Waals surface area contributed by atoms with Gasteiger partial charge in [0, 0.05) is 31.1 Å². The minimum absolute atomic E-state index is 0. The second-order valence-electron chi connectivity index (χ2n) is 7.15. The number of nitrogens with one attached hydrogen (secondary N) is 1. The first-order valence-electron chi connectivity index (χ1n) is 9.00. The lowest BCUT2D eigenvalue weighted by atomic mass is 9.95. The summed E-state index contributed by atoms with van der Waals surface area (Å²) in [5.74, 6) is 0.485. The predicted molar refractivity (Wildman–Crippen MR) is 100 cm³/mol. The molecule has 1 aromatic rings. The van der Waals surface area contributed by atoms with E-state index in [1.807, 2.05) is 13.0 Å². The van der Waals surface area contributed by atoms with Crippen LogP contribution in [0.5, 0.6) is 0 Å². The molecule has 2 fully saturated rings. The van der Waals surface area contributed by atoms with E-state index >= 15 is 0 Å². The number of nitrogens with two attached hydrogens (primary N) is 1. The van der Waals surface area contributed by atoms with Crippen LogP contribution in [-0.4, -0.2) is 42.0 Å². The number of hydrogen-bond donors (Lipinski definition) is 2. The third-order valence-electron chi connectivity index (χ3n) is 5.50. The van der Waals surface area contributed by atoms with Crippen molar-refractivity contribution < 1.29 is 4.79 Å². The van der Waals surface area contributed by atoms with Gasteiger partial charge in [-0.3, -0.25) is 9.69 Å². The van der Waals surface area contributed by atoms with Crippen molar-refractivity contribution in [1.29, 1.82) is 0 Å².